The van der Waals surface area contributed by atoms with E-state index < -0.39 is 26.8 Å². The summed E-state index contributed by atoms with van der Waals surface area (Å²) < 4.78 is 34.4. The van der Waals surface area contributed by atoms with Gasteiger partial charge in [-0.2, -0.15) is 0 Å². The molecule has 1 rings (SSSR count). The van der Waals surface area contributed by atoms with Crippen molar-refractivity contribution in [3.63, 3.8) is 0 Å². The summed E-state index contributed by atoms with van der Waals surface area (Å²) in [6.45, 7) is 0. The average molecular weight is 235 g/mol. The van der Waals surface area contributed by atoms with Gasteiger partial charge in [-0.25, -0.2) is 17.9 Å². The lowest BCUT2D eigenvalue weighted by atomic mass is 10.2. The lowest BCUT2D eigenvalue weighted by Gasteiger charge is -2.24. The molecule has 0 aliphatic rings. The van der Waals surface area contributed by atoms with Gasteiger partial charge in [-0.05, 0) is 6.07 Å². The zero-order valence-electron chi connectivity index (χ0n) is 7.44. The Morgan fingerprint density at radius 1 is 1.40 bits per heavy atom. The van der Waals surface area contributed by atoms with Gasteiger partial charge in [0.15, 0.2) is 0 Å². The third-order valence-corrected chi connectivity index (χ3v) is 2.35. The van der Waals surface area contributed by atoms with Gasteiger partial charge >= 0.3 is 0 Å². The number of nitrogens with two attached hydrogens (primary N) is 1. The van der Waals surface area contributed by atoms with E-state index in [1.165, 1.54) is 0 Å². The zero-order valence-corrected chi connectivity index (χ0v) is 8.25. The summed E-state index contributed by atoms with van der Waals surface area (Å²) in [5, 5.41) is 24.0. The summed E-state index contributed by atoms with van der Waals surface area (Å²) in [5.74, 6) is -1.58. The predicted octanol–water partition coefficient (Wildman–Crippen LogP) is -0.874. The van der Waals surface area contributed by atoms with Crippen molar-refractivity contribution >= 4 is 15.7 Å². The summed E-state index contributed by atoms with van der Waals surface area (Å²) in [5.41, 5.74) is -0.589. The highest BCUT2D eigenvalue weighted by Gasteiger charge is 2.11. The van der Waals surface area contributed by atoms with Crippen molar-refractivity contribution in [2.75, 3.05) is 0 Å². The number of hydrogen-bond donors (Lipinski definition) is 2. The molecule has 0 atom stereocenters. The van der Waals surface area contributed by atoms with Crippen LogP contribution in [0.4, 0.5) is 10.1 Å². The fourth-order valence-electron chi connectivity index (χ4n) is 1.03. The third-order valence-electron chi connectivity index (χ3n) is 1.64. The molecule has 6 nitrogen and oxygen atoms in total. The highest BCUT2D eigenvalue weighted by atomic mass is 32.2. The molecule has 3 N–H and O–H groups in total. The van der Waals surface area contributed by atoms with Gasteiger partial charge in [-0.15, -0.1) is 0 Å². The van der Waals surface area contributed by atoms with Crippen LogP contribution in [0.2, 0.25) is 0 Å². The fourth-order valence-corrected chi connectivity index (χ4v) is 1.68. The highest BCUT2D eigenvalue weighted by Crippen LogP contribution is 2.13. The zero-order chi connectivity index (χ0) is 11.6. The maximum atomic E-state index is 13.0. The van der Waals surface area contributed by atoms with Crippen LogP contribution < -0.4 is 10.4 Å². The number of nitrogens with one attached hydrogen (secondary N) is 1. The van der Waals surface area contributed by atoms with Crippen molar-refractivity contribution in [3.05, 3.63) is 40.0 Å². The molecule has 84 valence electrons. The van der Waals surface area contributed by atoms with Gasteiger partial charge in [0.1, 0.15) is 11.5 Å². The number of halogens is 1. The van der Waals surface area contributed by atoms with E-state index in [9.17, 15) is 23.2 Å². The Labute approximate surface area is 85.3 Å². The van der Waals surface area contributed by atoms with Crippen molar-refractivity contribution in [2.24, 2.45) is 5.14 Å². The molecule has 0 fully saturated rings. The van der Waals surface area contributed by atoms with Gasteiger partial charge < -0.3 is 15.6 Å². The highest BCUT2D eigenvalue weighted by molar-refractivity contribution is 7.88. The van der Waals surface area contributed by atoms with Crippen LogP contribution in [0.3, 0.4) is 0 Å². The van der Waals surface area contributed by atoms with Crippen LogP contribution in [0.5, 0.6) is 0 Å². The van der Waals surface area contributed by atoms with E-state index in [0.29, 0.717) is 0 Å². The Hall–Kier alpha value is -1.06. The van der Waals surface area contributed by atoms with Crippen LogP contribution >= 0.6 is 0 Å². The number of quaternary nitrogens is 1. The maximum absolute atomic E-state index is 13.0. The molecule has 0 heterocycles. The molecule has 0 aliphatic carbocycles. The van der Waals surface area contributed by atoms with Gasteiger partial charge in [0, 0.05) is 17.7 Å². The van der Waals surface area contributed by atoms with Crippen LogP contribution in [0, 0.1) is 16.2 Å². The van der Waals surface area contributed by atoms with E-state index in [1.54, 1.807) is 0 Å². The predicted molar refractivity (Wildman–Crippen MR) is 50.6 cm³/mol. The lowest BCUT2D eigenvalue weighted by molar-refractivity contribution is -0.715. The van der Waals surface area contributed by atoms with Crippen LogP contribution in [0.1, 0.15) is 5.56 Å². The maximum Gasteiger partial charge on any atom is 0.213 e. The first-order chi connectivity index (χ1) is 6.79. The molecule has 0 saturated carbocycles. The molecule has 15 heavy (non-hydrogen) atoms. The van der Waals surface area contributed by atoms with Crippen molar-refractivity contribution in [3.8, 4) is 0 Å². The van der Waals surface area contributed by atoms with E-state index in [2.05, 4.69) is 0 Å². The summed E-state index contributed by atoms with van der Waals surface area (Å²) in [4.78, 5) is 0. The summed E-state index contributed by atoms with van der Waals surface area (Å²) in [6.07, 6.45) is 0. The van der Waals surface area contributed by atoms with Gasteiger partial charge in [0.25, 0.3) is 0 Å². The SMILES string of the molecule is NS(=O)(=O)Cc1cc([NH+]([O-])[O-])ccc1F. The monoisotopic (exact) mass is 235 g/mol. The van der Waals surface area contributed by atoms with Gasteiger partial charge in [-0.3, -0.25) is 0 Å². The third kappa shape index (κ3) is 3.53. The second-order valence-corrected chi connectivity index (χ2v) is 4.52. The summed E-state index contributed by atoms with van der Waals surface area (Å²) in [6, 6.07) is 2.72. The van der Waals surface area contributed by atoms with Gasteiger partial charge in [-0.1, -0.05) is 0 Å². The normalized spacial score (nSPS) is 12.1. The van der Waals surface area contributed by atoms with Crippen molar-refractivity contribution in [1.82, 2.24) is 0 Å². The molecular formula is C7H8FN2O4S-. The van der Waals surface area contributed by atoms with E-state index in [4.69, 9.17) is 5.14 Å². The van der Waals surface area contributed by atoms with E-state index in [0.717, 1.165) is 18.2 Å². The average Bonchev–Trinajstić information content (AvgIpc) is 2.06. The second kappa shape index (κ2) is 4.21. The quantitative estimate of drug-likeness (QED) is 0.663. The first-order valence-electron chi connectivity index (χ1n) is 3.80. The molecule has 0 spiro atoms. The number of primary sulfonamides is 1. The molecule has 1 aromatic carbocycles. The molecule has 1 aromatic rings. The molecule has 0 aromatic heterocycles. The Bertz CT molecular complexity index is 460. The van der Waals surface area contributed by atoms with E-state index in [-0.39, 0.29) is 11.3 Å². The van der Waals surface area contributed by atoms with Gasteiger partial charge in [0.05, 0.1) is 5.75 Å². The minimum atomic E-state index is -3.90. The largest absolute Gasteiger partial charge is 0.628 e. The molecule has 8 heteroatoms. The topological polar surface area (TPSA) is 111 Å². The Morgan fingerprint density at radius 3 is 2.47 bits per heavy atom. The van der Waals surface area contributed by atoms with Crippen LogP contribution in [-0.2, 0) is 15.8 Å². The lowest BCUT2D eigenvalue weighted by Crippen LogP contribution is -2.96. The van der Waals surface area contributed by atoms with Crippen LogP contribution in [0.15, 0.2) is 18.2 Å². The van der Waals surface area contributed by atoms with Crippen LogP contribution in [0.25, 0.3) is 0 Å². The number of benzene rings is 1. The number of hydrogen-bond acceptors (Lipinski definition) is 4. The Morgan fingerprint density at radius 2 is 2.00 bits per heavy atom. The molecule has 0 unspecified atom stereocenters. The Balaban J connectivity index is 3.11. The minimum Gasteiger partial charge on any atom is -0.628 e. The Kier molecular flexibility index (Phi) is 3.37. The molecule has 0 aliphatic heterocycles. The number of sulfonamides is 1. The van der Waals surface area contributed by atoms with E-state index in [1.807, 2.05) is 0 Å². The number of rotatable bonds is 3. The van der Waals surface area contributed by atoms with E-state index >= 15 is 0 Å². The summed E-state index contributed by atoms with van der Waals surface area (Å²) >= 11 is 0. The first kappa shape index (κ1) is 12.0. The molecule has 0 bridgehead atoms. The van der Waals surface area contributed by atoms with Crippen LogP contribution in [-0.4, -0.2) is 8.42 Å². The van der Waals surface area contributed by atoms with Crippen molar-refractivity contribution in [2.45, 2.75) is 5.75 Å². The molecule has 0 amide bonds. The standard InChI is InChI=1S/C7H8FN2O4S/c8-7-2-1-6(10(11)12)3-5(7)4-15(9,13)14/h1-3,10H,4H2,(H2,9,13,14)/q-1. The second-order valence-electron chi connectivity index (χ2n) is 2.90. The molecule has 0 saturated heterocycles. The molecular weight excluding hydrogens is 227 g/mol. The minimum absolute atomic E-state index is 0.292. The van der Waals surface area contributed by atoms with Gasteiger partial charge in [0.2, 0.25) is 10.0 Å². The van der Waals surface area contributed by atoms with Crippen molar-refractivity contribution < 1.29 is 18.0 Å². The first-order valence-corrected chi connectivity index (χ1v) is 5.51. The smallest absolute Gasteiger partial charge is 0.213 e. The molecule has 0 radical (unpaired) electrons. The summed E-state index contributed by atoms with van der Waals surface area (Å²) in [7, 11) is -3.90. The van der Waals surface area contributed by atoms with Crippen molar-refractivity contribution in [1.29, 1.82) is 0 Å². The fraction of sp³-hybridized carbons (Fsp3) is 0.143.